The Morgan fingerprint density at radius 1 is 1.38 bits per heavy atom. The largest absolute Gasteiger partial charge is 0.303 e. The second-order valence-corrected chi connectivity index (χ2v) is 6.39. The Labute approximate surface area is 86.2 Å². The van der Waals surface area contributed by atoms with Crippen molar-refractivity contribution in [1.82, 2.24) is 0 Å². The number of carbonyl (C=O) groups is 2. The third-order valence-electron chi connectivity index (χ3n) is 4.01. The Kier molecular flexibility index (Phi) is 1.62. The highest BCUT2D eigenvalue weighted by Crippen LogP contribution is 2.65. The average Bonchev–Trinajstić information content (AvgIpc) is 2.49. The lowest BCUT2D eigenvalue weighted by Gasteiger charge is -2.36. The van der Waals surface area contributed by atoms with Gasteiger partial charge in [0, 0.05) is 10.8 Å². The molecule has 2 atom stereocenters. The molecule has 13 heavy (non-hydrogen) atoms. The molecule has 0 N–H and O–H groups in total. The van der Waals surface area contributed by atoms with Gasteiger partial charge in [0.05, 0.1) is 4.32 Å². The molecular weight excluding hydrogens is 232 g/mol. The number of halogens is 1. The summed E-state index contributed by atoms with van der Waals surface area (Å²) in [6.07, 6.45) is 3.35. The minimum absolute atomic E-state index is 0.207. The van der Waals surface area contributed by atoms with Crippen molar-refractivity contribution in [3.63, 3.8) is 0 Å². The molecule has 0 aromatic heterocycles. The number of hydrogen-bond donors (Lipinski definition) is 0. The highest BCUT2D eigenvalue weighted by molar-refractivity contribution is 9.10. The second kappa shape index (κ2) is 2.25. The number of carbonyl (C=O) groups excluding carboxylic acids is 2. The van der Waals surface area contributed by atoms with Crippen LogP contribution in [0.1, 0.15) is 33.1 Å². The summed E-state index contributed by atoms with van der Waals surface area (Å²) in [5, 5.41) is 0. The number of aldehydes is 1. The van der Waals surface area contributed by atoms with Crippen molar-refractivity contribution in [3.8, 4) is 0 Å². The molecule has 0 saturated heterocycles. The van der Waals surface area contributed by atoms with Crippen molar-refractivity contribution in [2.45, 2.75) is 37.4 Å². The molecule has 2 aliphatic rings. The lowest BCUT2D eigenvalue weighted by atomic mass is 9.65. The Bertz CT molecular complexity index is 297. The van der Waals surface area contributed by atoms with Crippen LogP contribution in [0.3, 0.4) is 0 Å². The molecule has 3 heteroatoms. The molecule has 2 aliphatic carbocycles. The Morgan fingerprint density at radius 2 is 2.00 bits per heavy atom. The number of Topliss-reactive ketones (excluding diaryl/α,β-unsaturated/α-hetero) is 1. The molecule has 0 heterocycles. The Morgan fingerprint density at radius 3 is 2.31 bits per heavy atom. The van der Waals surface area contributed by atoms with Crippen LogP contribution in [-0.2, 0) is 9.59 Å². The zero-order valence-electron chi connectivity index (χ0n) is 7.89. The van der Waals surface area contributed by atoms with Crippen molar-refractivity contribution in [3.05, 3.63) is 0 Å². The van der Waals surface area contributed by atoms with Crippen LogP contribution in [-0.4, -0.2) is 16.4 Å². The molecule has 2 bridgehead atoms. The molecule has 2 fully saturated rings. The lowest BCUT2D eigenvalue weighted by molar-refractivity contribution is -0.136. The number of ketones is 1. The third-order valence-corrected chi connectivity index (χ3v) is 5.04. The van der Waals surface area contributed by atoms with Crippen LogP contribution in [0.5, 0.6) is 0 Å². The summed E-state index contributed by atoms with van der Waals surface area (Å²) in [6.45, 7) is 3.79. The van der Waals surface area contributed by atoms with Gasteiger partial charge in [-0.25, -0.2) is 0 Å². The predicted octanol–water partition coefficient (Wildman–Crippen LogP) is 2.10. The van der Waals surface area contributed by atoms with Crippen LogP contribution in [0.4, 0.5) is 0 Å². The van der Waals surface area contributed by atoms with Gasteiger partial charge in [0.15, 0.2) is 5.78 Å². The van der Waals surface area contributed by atoms with Gasteiger partial charge in [-0.15, -0.1) is 0 Å². The number of alkyl halides is 1. The highest BCUT2D eigenvalue weighted by Gasteiger charge is 2.69. The quantitative estimate of drug-likeness (QED) is 0.523. The standard InChI is InChI=1S/C10H13BrO2/c1-8(2)7(13)10(11)4-3-9(8,5-10)6-12/h6H,3-5H2,1-2H3/t9-,10+/m1/s1. The smallest absolute Gasteiger partial charge is 0.156 e. The fraction of sp³-hybridized carbons (Fsp3) is 0.800. The van der Waals surface area contributed by atoms with Gasteiger partial charge in [-0.3, -0.25) is 4.79 Å². The predicted molar refractivity (Wildman–Crippen MR) is 52.8 cm³/mol. The third kappa shape index (κ3) is 0.841. The summed E-state index contributed by atoms with van der Waals surface area (Å²) in [5.74, 6) is 0.207. The van der Waals surface area contributed by atoms with Crippen molar-refractivity contribution in [2.75, 3.05) is 0 Å². The van der Waals surface area contributed by atoms with Gasteiger partial charge in [-0.1, -0.05) is 29.8 Å². The van der Waals surface area contributed by atoms with Crippen molar-refractivity contribution in [1.29, 1.82) is 0 Å². The highest BCUT2D eigenvalue weighted by atomic mass is 79.9. The van der Waals surface area contributed by atoms with Crippen LogP contribution in [0.25, 0.3) is 0 Å². The first-order valence-corrected chi connectivity index (χ1v) is 5.37. The summed E-state index contributed by atoms with van der Waals surface area (Å²) in [5.41, 5.74) is -0.871. The molecule has 2 rings (SSSR count). The summed E-state index contributed by atoms with van der Waals surface area (Å²) in [4.78, 5) is 23.1. The van der Waals surface area contributed by atoms with E-state index in [0.717, 1.165) is 19.1 Å². The van der Waals surface area contributed by atoms with E-state index < -0.39 is 15.2 Å². The van der Waals surface area contributed by atoms with Gasteiger partial charge in [0.1, 0.15) is 6.29 Å². The van der Waals surface area contributed by atoms with Crippen molar-refractivity contribution >= 4 is 28.0 Å². The second-order valence-electron chi connectivity index (χ2n) is 4.87. The number of rotatable bonds is 1. The first kappa shape index (κ1) is 9.38. The first-order chi connectivity index (χ1) is 5.88. The van der Waals surface area contributed by atoms with Crippen LogP contribution < -0.4 is 0 Å². The van der Waals surface area contributed by atoms with Gasteiger partial charge in [0.25, 0.3) is 0 Å². The maximum absolute atomic E-state index is 12.0. The van der Waals surface area contributed by atoms with Crippen molar-refractivity contribution < 1.29 is 9.59 Å². The van der Waals surface area contributed by atoms with E-state index in [-0.39, 0.29) is 5.78 Å². The maximum Gasteiger partial charge on any atom is 0.156 e. The van der Waals surface area contributed by atoms with Crippen LogP contribution in [0.2, 0.25) is 0 Å². The topological polar surface area (TPSA) is 34.1 Å². The van der Waals surface area contributed by atoms with E-state index in [1.807, 2.05) is 13.8 Å². The molecule has 0 aromatic rings. The fourth-order valence-electron chi connectivity index (χ4n) is 2.86. The van der Waals surface area contributed by atoms with E-state index >= 15 is 0 Å². The van der Waals surface area contributed by atoms with Gasteiger partial charge < -0.3 is 4.79 Å². The monoisotopic (exact) mass is 244 g/mol. The zero-order chi connectivity index (χ0) is 9.91. The fourth-order valence-corrected chi connectivity index (χ4v) is 4.05. The van der Waals surface area contributed by atoms with Gasteiger partial charge in [0.2, 0.25) is 0 Å². The zero-order valence-corrected chi connectivity index (χ0v) is 9.48. The van der Waals surface area contributed by atoms with E-state index in [1.165, 1.54) is 0 Å². The summed E-state index contributed by atoms with van der Waals surface area (Å²) in [7, 11) is 0. The Hall–Kier alpha value is -0.180. The Balaban J connectivity index is 2.55. The van der Waals surface area contributed by atoms with E-state index in [9.17, 15) is 9.59 Å². The molecule has 0 aliphatic heterocycles. The lowest BCUT2D eigenvalue weighted by Crippen LogP contribution is -2.43. The first-order valence-electron chi connectivity index (χ1n) is 4.58. The van der Waals surface area contributed by atoms with Crippen LogP contribution in [0, 0.1) is 10.8 Å². The van der Waals surface area contributed by atoms with Crippen LogP contribution >= 0.6 is 15.9 Å². The van der Waals surface area contributed by atoms with E-state index in [1.54, 1.807) is 0 Å². The van der Waals surface area contributed by atoms with E-state index in [4.69, 9.17) is 0 Å². The molecule has 72 valence electrons. The molecule has 0 unspecified atom stereocenters. The van der Waals surface area contributed by atoms with Gasteiger partial charge in [-0.2, -0.15) is 0 Å². The molecule has 0 amide bonds. The maximum atomic E-state index is 12.0. The molecule has 2 saturated carbocycles. The van der Waals surface area contributed by atoms with E-state index in [2.05, 4.69) is 15.9 Å². The number of fused-ring (bicyclic) bond motifs is 2. The SMILES string of the molecule is CC1(C)C(=O)[C@]2(Br)CC[C@]1(C=O)C2. The summed E-state index contributed by atoms with van der Waals surface area (Å²) in [6, 6.07) is 0. The van der Waals surface area contributed by atoms with Crippen molar-refractivity contribution in [2.24, 2.45) is 10.8 Å². The number of hydrogen-bond acceptors (Lipinski definition) is 2. The molecule has 0 aromatic carbocycles. The molecule has 2 nitrogen and oxygen atoms in total. The minimum atomic E-state index is -0.476. The summed E-state index contributed by atoms with van der Waals surface area (Å²) >= 11 is 3.50. The summed E-state index contributed by atoms with van der Waals surface area (Å²) < 4.78 is -0.391. The normalized spacial score (nSPS) is 46.8. The minimum Gasteiger partial charge on any atom is -0.303 e. The van der Waals surface area contributed by atoms with Crippen LogP contribution in [0.15, 0.2) is 0 Å². The van der Waals surface area contributed by atoms with E-state index in [0.29, 0.717) is 6.42 Å². The van der Waals surface area contributed by atoms with Gasteiger partial charge in [-0.05, 0) is 19.3 Å². The average molecular weight is 245 g/mol. The molecule has 0 spiro atoms. The molecular formula is C10H13BrO2. The molecule has 0 radical (unpaired) electrons. The van der Waals surface area contributed by atoms with Gasteiger partial charge >= 0.3 is 0 Å².